The Bertz CT molecular complexity index is 268. The van der Waals surface area contributed by atoms with Crippen LogP contribution in [-0.2, 0) is 5.41 Å². The molecule has 0 heterocycles. The van der Waals surface area contributed by atoms with Crippen molar-refractivity contribution in [1.29, 1.82) is 0 Å². The molecular formula is C11H14O. The van der Waals surface area contributed by atoms with E-state index in [4.69, 9.17) is 5.11 Å². The van der Waals surface area contributed by atoms with Crippen molar-refractivity contribution >= 4 is 0 Å². The number of benzene rings is 1. The van der Waals surface area contributed by atoms with E-state index in [1.807, 2.05) is 6.07 Å². The van der Waals surface area contributed by atoms with Gasteiger partial charge >= 0.3 is 0 Å². The molecule has 1 aromatic rings. The molecule has 0 bridgehead atoms. The van der Waals surface area contributed by atoms with Gasteiger partial charge in [-0.25, -0.2) is 0 Å². The fraction of sp³-hybridized carbons (Fsp3) is 0.455. The predicted octanol–water partition coefficient (Wildman–Crippen LogP) is 1.96. The molecule has 1 fully saturated rings. The fourth-order valence-corrected chi connectivity index (χ4v) is 1.89. The third-order valence-corrected chi connectivity index (χ3v) is 3.06. The third kappa shape index (κ3) is 1.05. The lowest BCUT2D eigenvalue weighted by molar-refractivity contribution is 0.265. The summed E-state index contributed by atoms with van der Waals surface area (Å²) in [5, 5.41) is 9.00. The van der Waals surface area contributed by atoms with Gasteiger partial charge in [-0.2, -0.15) is 0 Å². The summed E-state index contributed by atoms with van der Waals surface area (Å²) >= 11 is 0. The highest BCUT2D eigenvalue weighted by atomic mass is 16.3. The minimum Gasteiger partial charge on any atom is -0.396 e. The molecule has 1 N–H and O–H groups in total. The molecule has 0 radical (unpaired) electrons. The highest BCUT2D eigenvalue weighted by molar-refractivity contribution is 5.32. The summed E-state index contributed by atoms with van der Waals surface area (Å²) in [5.41, 5.74) is 1.62. The van der Waals surface area contributed by atoms with Crippen LogP contribution in [-0.4, -0.2) is 11.7 Å². The number of hydrogen-bond donors (Lipinski definition) is 1. The molecule has 1 saturated carbocycles. The van der Waals surface area contributed by atoms with Gasteiger partial charge < -0.3 is 5.11 Å². The van der Waals surface area contributed by atoms with E-state index in [1.165, 1.54) is 5.56 Å². The van der Waals surface area contributed by atoms with Crippen LogP contribution in [0.2, 0.25) is 0 Å². The van der Waals surface area contributed by atoms with Crippen LogP contribution in [0.4, 0.5) is 0 Å². The summed E-state index contributed by atoms with van der Waals surface area (Å²) in [6, 6.07) is 10.5. The first-order chi connectivity index (χ1) is 5.77. The second-order valence-electron chi connectivity index (χ2n) is 3.87. The maximum absolute atomic E-state index is 9.00. The molecule has 0 aliphatic heterocycles. The molecule has 1 aliphatic rings. The Hall–Kier alpha value is -0.820. The second kappa shape index (κ2) is 2.60. The Labute approximate surface area is 73.0 Å². The molecule has 0 saturated heterocycles. The Morgan fingerprint density at radius 2 is 2.08 bits per heavy atom. The van der Waals surface area contributed by atoms with Crippen molar-refractivity contribution in [3.05, 3.63) is 35.9 Å². The second-order valence-corrected chi connectivity index (χ2v) is 3.87. The first-order valence-electron chi connectivity index (χ1n) is 4.44. The third-order valence-electron chi connectivity index (χ3n) is 3.06. The Kier molecular flexibility index (Phi) is 1.69. The lowest BCUT2D eigenvalue weighted by Gasteiger charge is -2.09. The average molecular weight is 162 g/mol. The van der Waals surface area contributed by atoms with E-state index < -0.39 is 0 Å². The highest BCUT2D eigenvalue weighted by Crippen LogP contribution is 2.53. The van der Waals surface area contributed by atoms with Crippen molar-refractivity contribution in [3.8, 4) is 0 Å². The molecule has 2 rings (SSSR count). The summed E-state index contributed by atoms with van der Waals surface area (Å²) in [6.45, 7) is 2.55. The fourth-order valence-electron chi connectivity index (χ4n) is 1.89. The van der Waals surface area contributed by atoms with Crippen LogP contribution >= 0.6 is 0 Å². The van der Waals surface area contributed by atoms with Crippen LogP contribution in [0.3, 0.4) is 0 Å². The molecule has 1 heteroatoms. The lowest BCUT2D eigenvalue weighted by atomic mass is 9.96. The zero-order valence-corrected chi connectivity index (χ0v) is 7.33. The van der Waals surface area contributed by atoms with Crippen LogP contribution < -0.4 is 0 Å². The van der Waals surface area contributed by atoms with E-state index in [0.29, 0.717) is 12.5 Å². The molecule has 0 amide bonds. The first kappa shape index (κ1) is 7.81. The van der Waals surface area contributed by atoms with Gasteiger partial charge in [0.1, 0.15) is 0 Å². The molecule has 64 valence electrons. The van der Waals surface area contributed by atoms with Gasteiger partial charge in [-0.3, -0.25) is 0 Å². The first-order valence-corrected chi connectivity index (χ1v) is 4.44. The molecule has 0 aromatic heterocycles. The number of aliphatic hydroxyl groups is 1. The van der Waals surface area contributed by atoms with Gasteiger partial charge in [0.25, 0.3) is 0 Å². The van der Waals surface area contributed by atoms with Crippen LogP contribution in [0.25, 0.3) is 0 Å². The van der Waals surface area contributed by atoms with Gasteiger partial charge in [-0.05, 0) is 23.3 Å². The standard InChI is InChI=1S/C11H14O/c1-11(7-10(11)8-12)9-5-3-2-4-6-9/h2-6,10,12H,7-8H2,1H3/t10-,11+/m0/s1. The van der Waals surface area contributed by atoms with Crippen molar-refractivity contribution in [3.63, 3.8) is 0 Å². The maximum Gasteiger partial charge on any atom is 0.0468 e. The van der Waals surface area contributed by atoms with Crippen LogP contribution in [0.1, 0.15) is 18.9 Å². The smallest absolute Gasteiger partial charge is 0.0468 e. The summed E-state index contributed by atoms with van der Waals surface area (Å²) < 4.78 is 0. The lowest BCUT2D eigenvalue weighted by Crippen LogP contribution is -2.05. The van der Waals surface area contributed by atoms with Crippen LogP contribution in [0, 0.1) is 5.92 Å². The number of aliphatic hydroxyl groups excluding tert-OH is 1. The topological polar surface area (TPSA) is 20.2 Å². The van der Waals surface area contributed by atoms with Gasteiger partial charge in [0, 0.05) is 6.61 Å². The average Bonchev–Trinajstić information content (AvgIpc) is 2.81. The molecule has 12 heavy (non-hydrogen) atoms. The Morgan fingerprint density at radius 3 is 2.58 bits per heavy atom. The quantitative estimate of drug-likeness (QED) is 0.704. The largest absolute Gasteiger partial charge is 0.396 e. The van der Waals surface area contributed by atoms with Gasteiger partial charge in [0.2, 0.25) is 0 Å². The molecule has 2 atom stereocenters. The molecule has 1 aliphatic carbocycles. The zero-order chi connectivity index (χ0) is 8.60. The van der Waals surface area contributed by atoms with E-state index in [2.05, 4.69) is 31.2 Å². The van der Waals surface area contributed by atoms with Gasteiger partial charge in [0.05, 0.1) is 0 Å². The van der Waals surface area contributed by atoms with E-state index in [1.54, 1.807) is 0 Å². The predicted molar refractivity (Wildman–Crippen MR) is 49.0 cm³/mol. The molecule has 0 unspecified atom stereocenters. The van der Waals surface area contributed by atoms with Gasteiger partial charge in [-0.1, -0.05) is 37.3 Å². The SMILES string of the molecule is C[C@]1(c2ccccc2)C[C@H]1CO. The number of hydrogen-bond acceptors (Lipinski definition) is 1. The normalized spacial score (nSPS) is 33.3. The summed E-state index contributed by atoms with van der Waals surface area (Å²) in [4.78, 5) is 0. The van der Waals surface area contributed by atoms with E-state index in [0.717, 1.165) is 6.42 Å². The monoisotopic (exact) mass is 162 g/mol. The maximum atomic E-state index is 9.00. The van der Waals surface area contributed by atoms with Gasteiger partial charge in [0.15, 0.2) is 0 Å². The molecule has 0 spiro atoms. The Morgan fingerprint density at radius 1 is 1.42 bits per heavy atom. The molecular weight excluding hydrogens is 148 g/mol. The Balaban J connectivity index is 2.23. The van der Waals surface area contributed by atoms with E-state index >= 15 is 0 Å². The van der Waals surface area contributed by atoms with Crippen molar-refractivity contribution in [2.75, 3.05) is 6.61 Å². The minimum atomic E-state index is 0.260. The van der Waals surface area contributed by atoms with E-state index in [-0.39, 0.29) is 5.41 Å². The van der Waals surface area contributed by atoms with Crippen LogP contribution in [0.15, 0.2) is 30.3 Å². The van der Waals surface area contributed by atoms with E-state index in [9.17, 15) is 0 Å². The number of rotatable bonds is 2. The van der Waals surface area contributed by atoms with Crippen molar-refractivity contribution in [2.24, 2.45) is 5.92 Å². The van der Waals surface area contributed by atoms with Crippen molar-refractivity contribution < 1.29 is 5.11 Å². The minimum absolute atomic E-state index is 0.260. The van der Waals surface area contributed by atoms with Crippen LogP contribution in [0.5, 0.6) is 0 Å². The van der Waals surface area contributed by atoms with Crippen molar-refractivity contribution in [2.45, 2.75) is 18.8 Å². The molecule has 1 aromatic carbocycles. The van der Waals surface area contributed by atoms with Gasteiger partial charge in [-0.15, -0.1) is 0 Å². The summed E-state index contributed by atoms with van der Waals surface area (Å²) in [7, 11) is 0. The zero-order valence-electron chi connectivity index (χ0n) is 7.33. The summed E-state index contributed by atoms with van der Waals surface area (Å²) in [5.74, 6) is 0.486. The highest BCUT2D eigenvalue weighted by Gasteiger charge is 2.50. The van der Waals surface area contributed by atoms with Crippen molar-refractivity contribution in [1.82, 2.24) is 0 Å². The summed E-state index contributed by atoms with van der Waals surface area (Å²) in [6.07, 6.45) is 1.13. The molecule has 1 nitrogen and oxygen atoms in total.